The summed E-state index contributed by atoms with van der Waals surface area (Å²) in [6, 6.07) is 11.2. The fourth-order valence-corrected chi connectivity index (χ4v) is 4.37. The number of carbonyl (C=O) groups is 2. The summed E-state index contributed by atoms with van der Waals surface area (Å²) in [5.41, 5.74) is 0.234. The molecule has 180 valence electrons. The van der Waals surface area contributed by atoms with Crippen molar-refractivity contribution in [3.05, 3.63) is 75.7 Å². The number of para-hydroxylation sites is 1. The summed E-state index contributed by atoms with van der Waals surface area (Å²) in [5.74, 6) is -1.43. The van der Waals surface area contributed by atoms with Gasteiger partial charge < -0.3 is 14.5 Å². The highest BCUT2D eigenvalue weighted by atomic mass is 35.5. The first kappa shape index (κ1) is 24.6. The van der Waals surface area contributed by atoms with E-state index in [4.69, 9.17) is 32.4 Å². The standard InChI is InChI=1S/C23H17Cl2N3O6S/c1-3-35(31,32)23-26-11-15(25)19(28-23)22(30)27-18-13-6-4-5-7-16(13)34-21(18)20(29)12-8-9-17(33-2)14(24)10-12/h4-11H,3H2,1-2H3,(H,27,30). The molecule has 2 aromatic carbocycles. The van der Waals surface area contributed by atoms with Gasteiger partial charge in [0.2, 0.25) is 20.8 Å². The van der Waals surface area contributed by atoms with Gasteiger partial charge in [0.05, 0.1) is 34.8 Å². The molecule has 0 spiro atoms. The van der Waals surface area contributed by atoms with Crippen LogP contribution in [0.1, 0.15) is 33.5 Å². The molecule has 0 aliphatic rings. The number of benzene rings is 2. The zero-order chi connectivity index (χ0) is 25.3. The van der Waals surface area contributed by atoms with Crippen molar-refractivity contribution in [1.29, 1.82) is 0 Å². The van der Waals surface area contributed by atoms with Crippen LogP contribution in [0.15, 0.2) is 58.2 Å². The predicted molar refractivity (Wildman–Crippen MR) is 130 cm³/mol. The van der Waals surface area contributed by atoms with Crippen LogP contribution in [-0.4, -0.2) is 42.9 Å². The quantitative estimate of drug-likeness (QED) is 0.264. The number of amides is 1. The van der Waals surface area contributed by atoms with Crippen LogP contribution in [0.2, 0.25) is 10.0 Å². The maximum atomic E-state index is 13.3. The number of rotatable bonds is 7. The number of nitrogens with one attached hydrogen (secondary N) is 1. The van der Waals surface area contributed by atoms with Crippen LogP contribution in [0.5, 0.6) is 5.75 Å². The summed E-state index contributed by atoms with van der Waals surface area (Å²) in [7, 11) is -2.34. The molecule has 0 fully saturated rings. The lowest BCUT2D eigenvalue weighted by molar-refractivity contribution is 0.101. The molecule has 1 N–H and O–H groups in total. The normalized spacial score (nSPS) is 11.4. The van der Waals surface area contributed by atoms with Gasteiger partial charge in [-0.2, -0.15) is 0 Å². The molecule has 0 radical (unpaired) electrons. The van der Waals surface area contributed by atoms with E-state index < -0.39 is 26.7 Å². The molecule has 9 nitrogen and oxygen atoms in total. The Morgan fingerprint density at radius 1 is 1.11 bits per heavy atom. The summed E-state index contributed by atoms with van der Waals surface area (Å²) in [6.07, 6.45) is 1.03. The Kier molecular flexibility index (Phi) is 6.79. The molecule has 0 aliphatic heterocycles. The molecule has 35 heavy (non-hydrogen) atoms. The molecule has 0 aliphatic carbocycles. The van der Waals surface area contributed by atoms with Crippen molar-refractivity contribution in [2.24, 2.45) is 0 Å². The van der Waals surface area contributed by atoms with Crippen molar-refractivity contribution < 1.29 is 27.2 Å². The third kappa shape index (κ3) is 4.72. The van der Waals surface area contributed by atoms with Crippen LogP contribution in [0.4, 0.5) is 5.69 Å². The molecule has 4 aromatic rings. The van der Waals surface area contributed by atoms with E-state index in [1.54, 1.807) is 24.3 Å². The van der Waals surface area contributed by atoms with Gasteiger partial charge in [-0.25, -0.2) is 18.4 Å². The van der Waals surface area contributed by atoms with E-state index in [0.717, 1.165) is 6.20 Å². The average Bonchev–Trinajstić information content (AvgIpc) is 3.21. The van der Waals surface area contributed by atoms with Crippen LogP contribution < -0.4 is 10.1 Å². The zero-order valence-electron chi connectivity index (χ0n) is 18.3. The first-order chi connectivity index (χ1) is 16.7. The van der Waals surface area contributed by atoms with Crippen LogP contribution in [-0.2, 0) is 9.84 Å². The molecule has 2 heterocycles. The Bertz CT molecular complexity index is 1580. The van der Waals surface area contributed by atoms with Crippen molar-refractivity contribution in [1.82, 2.24) is 9.97 Å². The number of aromatic nitrogens is 2. The minimum Gasteiger partial charge on any atom is -0.495 e. The van der Waals surface area contributed by atoms with Gasteiger partial charge in [0, 0.05) is 10.9 Å². The number of hydrogen-bond donors (Lipinski definition) is 1. The highest BCUT2D eigenvalue weighted by molar-refractivity contribution is 7.91. The van der Waals surface area contributed by atoms with Crippen molar-refractivity contribution in [3.63, 3.8) is 0 Å². The average molecular weight is 534 g/mol. The minimum atomic E-state index is -3.79. The van der Waals surface area contributed by atoms with E-state index in [1.165, 1.54) is 32.2 Å². The lowest BCUT2D eigenvalue weighted by Crippen LogP contribution is -2.19. The minimum absolute atomic E-state index is 0.0668. The highest BCUT2D eigenvalue weighted by Crippen LogP contribution is 2.34. The summed E-state index contributed by atoms with van der Waals surface area (Å²) in [6.45, 7) is 1.42. The monoisotopic (exact) mass is 533 g/mol. The smallest absolute Gasteiger partial charge is 0.276 e. The first-order valence-electron chi connectivity index (χ1n) is 10.1. The Balaban J connectivity index is 1.79. The molecule has 0 atom stereocenters. The number of nitrogens with zero attached hydrogens (tertiary/aromatic N) is 2. The van der Waals surface area contributed by atoms with E-state index in [0.29, 0.717) is 16.7 Å². The van der Waals surface area contributed by atoms with Gasteiger partial charge in [-0.1, -0.05) is 42.3 Å². The van der Waals surface area contributed by atoms with Crippen molar-refractivity contribution >= 4 is 61.4 Å². The molecule has 4 rings (SSSR count). The SMILES string of the molecule is CCS(=O)(=O)c1ncc(Cl)c(C(=O)Nc2c(C(=O)c3ccc(OC)c(Cl)c3)oc3ccccc23)n1. The number of carbonyl (C=O) groups excluding carboxylic acids is 2. The number of methoxy groups -OCH3 is 1. The van der Waals surface area contributed by atoms with Gasteiger partial charge in [0.15, 0.2) is 11.5 Å². The molecular weight excluding hydrogens is 517 g/mol. The highest BCUT2D eigenvalue weighted by Gasteiger charge is 2.27. The lowest BCUT2D eigenvalue weighted by atomic mass is 10.1. The van der Waals surface area contributed by atoms with E-state index in [9.17, 15) is 18.0 Å². The summed E-state index contributed by atoms with van der Waals surface area (Å²) in [5, 5.41) is 2.56. The number of ketones is 1. The van der Waals surface area contributed by atoms with E-state index in [1.807, 2.05) is 0 Å². The number of hydrogen-bond acceptors (Lipinski definition) is 8. The van der Waals surface area contributed by atoms with Crippen molar-refractivity contribution in [3.8, 4) is 5.75 Å². The van der Waals surface area contributed by atoms with Crippen LogP contribution >= 0.6 is 23.2 Å². The number of furan rings is 1. The number of anilines is 1. The van der Waals surface area contributed by atoms with Crippen molar-refractivity contribution in [2.45, 2.75) is 12.1 Å². The third-order valence-corrected chi connectivity index (χ3v) is 7.13. The largest absolute Gasteiger partial charge is 0.495 e. The van der Waals surface area contributed by atoms with Gasteiger partial charge in [0.1, 0.15) is 11.3 Å². The fraction of sp³-hybridized carbons (Fsp3) is 0.130. The number of halogens is 2. The first-order valence-corrected chi connectivity index (χ1v) is 12.5. The van der Waals surface area contributed by atoms with Gasteiger partial charge >= 0.3 is 0 Å². The van der Waals surface area contributed by atoms with Gasteiger partial charge in [-0.3, -0.25) is 9.59 Å². The fourth-order valence-electron chi connectivity index (χ4n) is 3.23. The van der Waals surface area contributed by atoms with Crippen molar-refractivity contribution in [2.75, 3.05) is 18.2 Å². The lowest BCUT2D eigenvalue weighted by Gasteiger charge is -2.09. The molecule has 2 aromatic heterocycles. The molecule has 0 saturated heterocycles. The molecule has 12 heteroatoms. The molecule has 0 saturated carbocycles. The second kappa shape index (κ2) is 9.65. The second-order valence-electron chi connectivity index (χ2n) is 7.19. The zero-order valence-corrected chi connectivity index (χ0v) is 20.7. The Morgan fingerprint density at radius 2 is 1.86 bits per heavy atom. The summed E-state index contributed by atoms with van der Waals surface area (Å²) < 4.78 is 35.2. The Hall–Kier alpha value is -3.47. The Morgan fingerprint density at radius 3 is 2.54 bits per heavy atom. The molecular formula is C23H17Cl2N3O6S. The predicted octanol–water partition coefficient (Wildman–Crippen LogP) is 4.82. The number of sulfone groups is 1. The maximum absolute atomic E-state index is 13.3. The van der Waals surface area contributed by atoms with E-state index >= 15 is 0 Å². The van der Waals surface area contributed by atoms with Crippen LogP contribution in [0, 0.1) is 0 Å². The van der Waals surface area contributed by atoms with E-state index in [2.05, 4.69) is 15.3 Å². The summed E-state index contributed by atoms with van der Waals surface area (Å²) in [4.78, 5) is 34.0. The molecule has 0 unspecified atom stereocenters. The maximum Gasteiger partial charge on any atom is 0.276 e. The second-order valence-corrected chi connectivity index (χ2v) is 10.2. The number of ether oxygens (including phenoxy) is 1. The topological polar surface area (TPSA) is 128 Å². The Labute approximate surface area is 210 Å². The van der Waals surface area contributed by atoms with Crippen LogP contribution in [0.3, 0.4) is 0 Å². The third-order valence-electron chi connectivity index (χ3n) is 5.05. The molecule has 1 amide bonds. The molecule has 0 bridgehead atoms. The number of fused-ring (bicyclic) bond motifs is 1. The summed E-state index contributed by atoms with van der Waals surface area (Å²) >= 11 is 12.3. The van der Waals surface area contributed by atoms with Gasteiger partial charge in [0.25, 0.3) is 5.91 Å². The van der Waals surface area contributed by atoms with Gasteiger partial charge in [-0.15, -0.1) is 0 Å². The van der Waals surface area contributed by atoms with Crippen LogP contribution in [0.25, 0.3) is 11.0 Å². The van der Waals surface area contributed by atoms with Gasteiger partial charge in [-0.05, 0) is 30.3 Å². The van der Waals surface area contributed by atoms with E-state index in [-0.39, 0.29) is 38.5 Å².